The molecule has 188 valence electrons. The Labute approximate surface area is 206 Å². The molecular formula is C26H16F4N2O5. The number of benzene rings is 4. The molecule has 0 radical (unpaired) electrons. The summed E-state index contributed by atoms with van der Waals surface area (Å²) in [6.45, 7) is 0. The van der Waals surface area contributed by atoms with E-state index in [-0.39, 0.29) is 45.4 Å². The fourth-order valence-electron chi connectivity index (χ4n) is 3.33. The molecule has 0 fully saturated rings. The summed E-state index contributed by atoms with van der Waals surface area (Å²) in [5.74, 6) is -7.42. The lowest BCUT2D eigenvalue weighted by Gasteiger charge is -2.15. The highest BCUT2D eigenvalue weighted by Gasteiger charge is 2.18. The summed E-state index contributed by atoms with van der Waals surface area (Å²) in [5, 5.41) is 24.8. The fraction of sp³-hybridized carbons (Fsp3) is 0. The highest BCUT2D eigenvalue weighted by molar-refractivity contribution is 5.94. The van der Waals surface area contributed by atoms with Crippen molar-refractivity contribution in [3.63, 3.8) is 0 Å². The van der Waals surface area contributed by atoms with E-state index in [1.807, 2.05) is 0 Å². The van der Waals surface area contributed by atoms with Crippen molar-refractivity contribution >= 4 is 34.7 Å². The number of carboxylic acids is 2. The molecule has 0 saturated carbocycles. The van der Waals surface area contributed by atoms with Crippen LogP contribution < -0.4 is 15.4 Å². The van der Waals surface area contributed by atoms with Crippen LogP contribution >= 0.6 is 0 Å². The van der Waals surface area contributed by atoms with Crippen LogP contribution in [0.4, 0.5) is 40.3 Å². The topological polar surface area (TPSA) is 108 Å². The van der Waals surface area contributed by atoms with Crippen LogP contribution in [0.3, 0.4) is 0 Å². The van der Waals surface area contributed by atoms with Gasteiger partial charge in [-0.1, -0.05) is 0 Å². The van der Waals surface area contributed by atoms with Gasteiger partial charge in [-0.05, 0) is 60.7 Å². The van der Waals surface area contributed by atoms with E-state index in [1.165, 1.54) is 48.5 Å². The highest BCUT2D eigenvalue weighted by atomic mass is 19.2. The third-order valence-electron chi connectivity index (χ3n) is 5.06. The maximum absolute atomic E-state index is 13.5. The monoisotopic (exact) mass is 512 g/mol. The van der Waals surface area contributed by atoms with Gasteiger partial charge in [0, 0.05) is 34.9 Å². The van der Waals surface area contributed by atoms with Gasteiger partial charge in [-0.15, -0.1) is 0 Å². The first-order chi connectivity index (χ1) is 17.6. The van der Waals surface area contributed by atoms with Crippen molar-refractivity contribution in [1.82, 2.24) is 0 Å². The van der Waals surface area contributed by atoms with E-state index in [4.69, 9.17) is 4.74 Å². The average molecular weight is 512 g/mol. The summed E-state index contributed by atoms with van der Waals surface area (Å²) >= 11 is 0. The number of carbonyl (C=O) groups is 2. The molecular weight excluding hydrogens is 496 g/mol. The molecule has 0 aromatic heterocycles. The number of hydrogen-bond donors (Lipinski definition) is 4. The molecule has 0 aliphatic heterocycles. The maximum atomic E-state index is 13.5. The molecule has 0 heterocycles. The van der Waals surface area contributed by atoms with Crippen LogP contribution in [0.1, 0.15) is 20.7 Å². The molecule has 0 aliphatic carbocycles. The number of hydrogen-bond acceptors (Lipinski definition) is 5. The Balaban J connectivity index is 1.61. The molecule has 4 aromatic rings. The second kappa shape index (κ2) is 10.3. The molecule has 0 saturated heterocycles. The van der Waals surface area contributed by atoms with Crippen LogP contribution in [-0.4, -0.2) is 22.2 Å². The predicted octanol–water partition coefficient (Wildman–Crippen LogP) is 6.92. The third kappa shape index (κ3) is 5.78. The van der Waals surface area contributed by atoms with Gasteiger partial charge in [0.2, 0.25) is 0 Å². The van der Waals surface area contributed by atoms with Crippen molar-refractivity contribution in [3.8, 4) is 11.5 Å². The molecule has 0 spiro atoms. The summed E-state index contributed by atoms with van der Waals surface area (Å²) < 4.78 is 58.8. The molecule has 0 unspecified atom stereocenters. The minimum atomic E-state index is -1.39. The predicted molar refractivity (Wildman–Crippen MR) is 126 cm³/mol. The Morgan fingerprint density at radius 3 is 1.24 bits per heavy atom. The minimum absolute atomic E-state index is 0.168. The van der Waals surface area contributed by atoms with Crippen molar-refractivity contribution in [3.05, 3.63) is 107 Å². The zero-order valence-electron chi connectivity index (χ0n) is 18.6. The first-order valence-corrected chi connectivity index (χ1v) is 10.5. The summed E-state index contributed by atoms with van der Waals surface area (Å²) in [4.78, 5) is 23.7. The number of nitrogens with one attached hydrogen (secondary N) is 2. The number of halogens is 4. The van der Waals surface area contributed by atoms with E-state index in [1.54, 1.807) is 0 Å². The lowest BCUT2D eigenvalue weighted by molar-refractivity contribution is 0.0687. The second-order valence-corrected chi connectivity index (χ2v) is 7.64. The molecule has 4 rings (SSSR count). The summed E-state index contributed by atoms with van der Waals surface area (Å²) in [6, 6.07) is 13.8. The van der Waals surface area contributed by atoms with Crippen LogP contribution in [0.2, 0.25) is 0 Å². The van der Waals surface area contributed by atoms with E-state index in [9.17, 15) is 37.4 Å². The lowest BCUT2D eigenvalue weighted by Crippen LogP contribution is -2.05. The first kappa shape index (κ1) is 25.0. The van der Waals surface area contributed by atoms with Gasteiger partial charge in [-0.2, -0.15) is 0 Å². The van der Waals surface area contributed by atoms with Crippen LogP contribution in [0.15, 0.2) is 72.8 Å². The third-order valence-corrected chi connectivity index (χ3v) is 5.06. The molecule has 4 N–H and O–H groups in total. The van der Waals surface area contributed by atoms with Gasteiger partial charge in [-0.25, -0.2) is 27.2 Å². The van der Waals surface area contributed by atoms with Gasteiger partial charge < -0.3 is 25.6 Å². The number of carboxylic acid groups (broad SMARTS) is 2. The Bertz CT molecular complexity index is 1410. The smallest absolute Gasteiger partial charge is 0.339 e. The van der Waals surface area contributed by atoms with E-state index < -0.39 is 35.2 Å². The lowest BCUT2D eigenvalue weighted by atomic mass is 10.1. The molecule has 37 heavy (non-hydrogen) atoms. The van der Waals surface area contributed by atoms with Gasteiger partial charge in [-0.3, -0.25) is 0 Å². The van der Waals surface area contributed by atoms with Crippen LogP contribution in [0.25, 0.3) is 0 Å². The fourth-order valence-corrected chi connectivity index (χ4v) is 3.33. The van der Waals surface area contributed by atoms with Gasteiger partial charge in [0.15, 0.2) is 23.3 Å². The van der Waals surface area contributed by atoms with Crippen LogP contribution in [0, 0.1) is 23.3 Å². The second-order valence-electron chi connectivity index (χ2n) is 7.64. The summed E-state index contributed by atoms with van der Waals surface area (Å²) in [5.41, 5.74) is 0.101. The van der Waals surface area contributed by atoms with Crippen molar-refractivity contribution in [2.75, 3.05) is 10.6 Å². The zero-order valence-corrected chi connectivity index (χ0v) is 18.6. The van der Waals surface area contributed by atoms with Gasteiger partial charge in [0.25, 0.3) is 0 Å². The van der Waals surface area contributed by atoms with Crippen LogP contribution in [-0.2, 0) is 0 Å². The molecule has 0 atom stereocenters. The van der Waals surface area contributed by atoms with Crippen LogP contribution in [0.5, 0.6) is 11.5 Å². The van der Waals surface area contributed by atoms with E-state index in [2.05, 4.69) is 10.6 Å². The van der Waals surface area contributed by atoms with Crippen molar-refractivity contribution in [2.24, 2.45) is 0 Å². The first-order valence-electron chi connectivity index (χ1n) is 10.5. The zero-order chi connectivity index (χ0) is 26.7. The Kier molecular flexibility index (Phi) is 6.96. The SMILES string of the molecule is O=C(O)c1cc(Nc2ccc(F)c(F)c2)ccc1Oc1ccc(Nc2ccc(F)c(F)c2)cc1C(=O)O. The molecule has 0 amide bonds. The van der Waals surface area contributed by atoms with Crippen molar-refractivity contribution in [2.45, 2.75) is 0 Å². The quantitative estimate of drug-likeness (QED) is 0.190. The van der Waals surface area contributed by atoms with Crippen molar-refractivity contribution in [1.29, 1.82) is 0 Å². The van der Waals surface area contributed by atoms with E-state index in [0.717, 1.165) is 24.3 Å². The highest BCUT2D eigenvalue weighted by Crippen LogP contribution is 2.33. The Morgan fingerprint density at radius 1 is 0.541 bits per heavy atom. The largest absolute Gasteiger partial charge is 0.478 e. The molecule has 4 aromatic carbocycles. The number of rotatable bonds is 8. The number of aromatic carboxylic acids is 2. The van der Waals surface area contributed by atoms with Gasteiger partial charge in [0.1, 0.15) is 22.6 Å². The van der Waals surface area contributed by atoms with Gasteiger partial charge in [0.05, 0.1) is 0 Å². The number of anilines is 4. The Morgan fingerprint density at radius 2 is 0.892 bits per heavy atom. The van der Waals surface area contributed by atoms with E-state index >= 15 is 0 Å². The summed E-state index contributed by atoms with van der Waals surface area (Å²) in [6.07, 6.45) is 0. The normalized spacial score (nSPS) is 10.6. The molecule has 0 bridgehead atoms. The molecule has 11 heteroatoms. The van der Waals surface area contributed by atoms with E-state index in [0.29, 0.717) is 0 Å². The molecule has 0 aliphatic rings. The Hall–Kier alpha value is -5.06. The van der Waals surface area contributed by atoms with Gasteiger partial charge >= 0.3 is 11.9 Å². The average Bonchev–Trinajstić information content (AvgIpc) is 2.85. The maximum Gasteiger partial charge on any atom is 0.339 e. The van der Waals surface area contributed by atoms with Crippen molar-refractivity contribution < 1.29 is 42.1 Å². The standard InChI is InChI=1S/C26H16F4N2O5/c27-19-5-1-15(11-21(19)29)31-13-3-7-23(17(9-13)25(33)34)37-24-8-4-14(10-18(24)26(35)36)32-16-2-6-20(28)22(30)12-16/h1-12,31-32H,(H,33,34)(H,35,36). The number of ether oxygens (including phenoxy) is 1. The minimum Gasteiger partial charge on any atom is -0.478 e. The summed E-state index contributed by atoms with van der Waals surface area (Å²) in [7, 11) is 0. The molecule has 7 nitrogen and oxygen atoms in total.